The minimum Gasteiger partial charge on any atom is -0.465 e. The third-order valence-electron chi connectivity index (χ3n) is 3.65. The number of anilines is 1. The van der Waals surface area contributed by atoms with Gasteiger partial charge in [0.1, 0.15) is 5.00 Å². The van der Waals surface area contributed by atoms with Crippen molar-refractivity contribution in [1.29, 1.82) is 0 Å². The van der Waals surface area contributed by atoms with Gasteiger partial charge in [-0.25, -0.2) is 4.79 Å². The summed E-state index contributed by atoms with van der Waals surface area (Å²) in [6.45, 7) is 3.81. The Morgan fingerprint density at radius 3 is 2.70 bits per heavy atom. The molecule has 1 aliphatic rings. The molecule has 0 saturated heterocycles. The fourth-order valence-electron chi connectivity index (χ4n) is 2.31. The van der Waals surface area contributed by atoms with Crippen LogP contribution >= 0.6 is 11.3 Å². The van der Waals surface area contributed by atoms with Gasteiger partial charge in [0, 0.05) is 10.8 Å². The normalized spacial score (nSPS) is 17.9. The monoisotopic (exact) mass is 293 g/mol. The maximum Gasteiger partial charge on any atom is 0.341 e. The van der Waals surface area contributed by atoms with Crippen LogP contribution in [0.25, 0.3) is 0 Å². The van der Waals surface area contributed by atoms with E-state index in [2.05, 4.69) is 11.4 Å². The Hall–Kier alpha value is -1.62. The van der Waals surface area contributed by atoms with Crippen molar-refractivity contribution >= 4 is 28.2 Å². The quantitative estimate of drug-likeness (QED) is 0.686. The SMILES string of the molecule is COC(=O)c1c(NC(=O)C2CC=CCC2)sc(C)c1C. The lowest BCUT2D eigenvalue weighted by Gasteiger charge is -2.17. The zero-order valence-electron chi connectivity index (χ0n) is 12.0. The van der Waals surface area contributed by atoms with Crippen molar-refractivity contribution in [1.82, 2.24) is 0 Å². The van der Waals surface area contributed by atoms with Gasteiger partial charge in [0.15, 0.2) is 0 Å². The molecule has 0 saturated carbocycles. The molecule has 5 heteroatoms. The first kappa shape index (κ1) is 14.8. The molecule has 1 amide bonds. The van der Waals surface area contributed by atoms with E-state index in [-0.39, 0.29) is 11.8 Å². The lowest BCUT2D eigenvalue weighted by atomic mass is 9.94. The van der Waals surface area contributed by atoms with E-state index in [1.165, 1.54) is 18.4 Å². The molecule has 1 N–H and O–H groups in total. The van der Waals surface area contributed by atoms with Crippen LogP contribution in [0.2, 0.25) is 0 Å². The summed E-state index contributed by atoms with van der Waals surface area (Å²) in [6.07, 6.45) is 6.70. The Kier molecular flexibility index (Phi) is 4.60. The number of ether oxygens (including phenoxy) is 1. The number of hydrogen-bond donors (Lipinski definition) is 1. The van der Waals surface area contributed by atoms with Gasteiger partial charge in [-0.2, -0.15) is 0 Å². The highest BCUT2D eigenvalue weighted by molar-refractivity contribution is 7.16. The van der Waals surface area contributed by atoms with Gasteiger partial charge in [-0.05, 0) is 38.7 Å². The number of methoxy groups -OCH3 is 1. The minimum absolute atomic E-state index is 0.00629. The molecule has 1 unspecified atom stereocenters. The molecule has 4 nitrogen and oxygen atoms in total. The first-order chi connectivity index (χ1) is 9.54. The van der Waals surface area contributed by atoms with Crippen LogP contribution in [0.5, 0.6) is 0 Å². The molecule has 0 radical (unpaired) electrons. The summed E-state index contributed by atoms with van der Waals surface area (Å²) < 4.78 is 4.80. The maximum absolute atomic E-state index is 12.3. The van der Waals surface area contributed by atoms with Gasteiger partial charge in [-0.3, -0.25) is 4.79 Å². The second kappa shape index (κ2) is 6.22. The Bertz CT molecular complexity index is 560. The number of nitrogens with one attached hydrogen (secondary N) is 1. The Morgan fingerprint density at radius 1 is 1.35 bits per heavy atom. The summed E-state index contributed by atoms with van der Waals surface area (Å²) in [6, 6.07) is 0. The van der Waals surface area contributed by atoms with Crippen LogP contribution in [-0.4, -0.2) is 19.0 Å². The fourth-order valence-corrected chi connectivity index (χ4v) is 3.36. The predicted octanol–water partition coefficient (Wildman–Crippen LogP) is 3.45. The molecule has 1 aromatic rings. The van der Waals surface area contributed by atoms with Crippen molar-refractivity contribution in [3.63, 3.8) is 0 Å². The summed E-state index contributed by atoms with van der Waals surface area (Å²) >= 11 is 1.43. The van der Waals surface area contributed by atoms with Crippen molar-refractivity contribution in [3.05, 3.63) is 28.2 Å². The third kappa shape index (κ3) is 2.93. The Balaban J connectivity index is 2.20. The summed E-state index contributed by atoms with van der Waals surface area (Å²) in [5, 5.41) is 3.51. The number of amides is 1. The first-order valence-electron chi connectivity index (χ1n) is 6.68. The lowest BCUT2D eigenvalue weighted by molar-refractivity contribution is -0.120. The first-order valence-corrected chi connectivity index (χ1v) is 7.50. The molecule has 0 fully saturated rings. The van der Waals surface area contributed by atoms with Crippen LogP contribution in [0.3, 0.4) is 0 Å². The van der Waals surface area contributed by atoms with Gasteiger partial charge >= 0.3 is 5.97 Å². The summed E-state index contributed by atoms with van der Waals surface area (Å²) in [5.74, 6) is -0.417. The van der Waals surface area contributed by atoms with Gasteiger partial charge in [0.25, 0.3) is 0 Å². The predicted molar refractivity (Wildman–Crippen MR) is 80.2 cm³/mol. The number of aryl methyl sites for hydroxylation is 1. The Morgan fingerprint density at radius 2 is 2.10 bits per heavy atom. The molecule has 1 aromatic heterocycles. The van der Waals surface area contributed by atoms with E-state index < -0.39 is 5.97 Å². The van der Waals surface area contributed by atoms with E-state index in [0.29, 0.717) is 10.6 Å². The lowest BCUT2D eigenvalue weighted by Crippen LogP contribution is -2.24. The molecule has 0 spiro atoms. The van der Waals surface area contributed by atoms with Crippen LogP contribution in [0.15, 0.2) is 12.2 Å². The van der Waals surface area contributed by atoms with Crippen LogP contribution in [0, 0.1) is 19.8 Å². The van der Waals surface area contributed by atoms with E-state index >= 15 is 0 Å². The minimum atomic E-state index is -0.398. The number of carbonyl (C=O) groups is 2. The van der Waals surface area contributed by atoms with Crippen LogP contribution < -0.4 is 5.32 Å². The highest BCUT2D eigenvalue weighted by Gasteiger charge is 2.24. The van der Waals surface area contributed by atoms with Gasteiger partial charge in [0.2, 0.25) is 5.91 Å². The molecule has 1 aliphatic carbocycles. The van der Waals surface area contributed by atoms with E-state index in [0.717, 1.165) is 29.7 Å². The maximum atomic E-state index is 12.3. The molecular formula is C15H19NO3S. The van der Waals surface area contributed by atoms with Crippen molar-refractivity contribution in [2.45, 2.75) is 33.1 Å². The Labute approximate surface area is 122 Å². The second-order valence-corrected chi connectivity index (χ2v) is 6.17. The number of hydrogen-bond acceptors (Lipinski definition) is 4. The molecular weight excluding hydrogens is 274 g/mol. The molecule has 20 heavy (non-hydrogen) atoms. The number of allylic oxidation sites excluding steroid dienone is 2. The van der Waals surface area contributed by atoms with Gasteiger partial charge in [-0.15, -0.1) is 11.3 Å². The number of esters is 1. The van der Waals surface area contributed by atoms with E-state index in [1.807, 2.05) is 19.9 Å². The molecule has 108 valence electrons. The van der Waals surface area contributed by atoms with Crippen molar-refractivity contribution in [3.8, 4) is 0 Å². The van der Waals surface area contributed by atoms with Gasteiger partial charge in [0.05, 0.1) is 12.7 Å². The van der Waals surface area contributed by atoms with Crippen molar-refractivity contribution in [2.24, 2.45) is 5.92 Å². The van der Waals surface area contributed by atoms with Crippen LogP contribution in [0.1, 0.15) is 40.1 Å². The summed E-state index contributed by atoms with van der Waals surface area (Å²) in [4.78, 5) is 25.1. The number of carbonyl (C=O) groups excluding carboxylic acids is 2. The van der Waals surface area contributed by atoms with Crippen LogP contribution in [-0.2, 0) is 9.53 Å². The summed E-state index contributed by atoms with van der Waals surface area (Å²) in [5.41, 5.74) is 1.36. The van der Waals surface area contributed by atoms with E-state index in [4.69, 9.17) is 4.74 Å². The van der Waals surface area contributed by atoms with Crippen molar-refractivity contribution < 1.29 is 14.3 Å². The smallest absolute Gasteiger partial charge is 0.341 e. The van der Waals surface area contributed by atoms with E-state index in [1.54, 1.807) is 0 Å². The van der Waals surface area contributed by atoms with Gasteiger partial charge in [-0.1, -0.05) is 12.2 Å². The van der Waals surface area contributed by atoms with Crippen molar-refractivity contribution in [2.75, 3.05) is 12.4 Å². The molecule has 2 rings (SSSR count). The topological polar surface area (TPSA) is 55.4 Å². The number of thiophene rings is 1. The zero-order chi connectivity index (χ0) is 14.7. The average Bonchev–Trinajstić information content (AvgIpc) is 2.74. The molecule has 1 atom stereocenters. The highest BCUT2D eigenvalue weighted by atomic mass is 32.1. The standard InChI is InChI=1S/C15H19NO3S/c1-9-10(2)20-14(12(9)15(18)19-3)16-13(17)11-7-5-4-6-8-11/h4-5,11H,6-8H2,1-3H3,(H,16,17). The average molecular weight is 293 g/mol. The molecule has 0 bridgehead atoms. The molecule has 0 aliphatic heterocycles. The largest absolute Gasteiger partial charge is 0.465 e. The van der Waals surface area contributed by atoms with Crippen LogP contribution in [0.4, 0.5) is 5.00 Å². The zero-order valence-corrected chi connectivity index (χ0v) is 12.8. The van der Waals surface area contributed by atoms with Gasteiger partial charge < -0.3 is 10.1 Å². The van der Waals surface area contributed by atoms with E-state index in [9.17, 15) is 9.59 Å². The highest BCUT2D eigenvalue weighted by Crippen LogP contribution is 2.33. The second-order valence-electron chi connectivity index (χ2n) is 4.95. The summed E-state index contributed by atoms with van der Waals surface area (Å²) in [7, 11) is 1.35. The number of rotatable bonds is 3. The third-order valence-corrected chi connectivity index (χ3v) is 4.77. The molecule has 1 heterocycles. The fraction of sp³-hybridized carbons (Fsp3) is 0.467. The molecule has 0 aromatic carbocycles.